The van der Waals surface area contributed by atoms with Crippen LogP contribution in [-0.4, -0.2) is 25.9 Å². The average molecular weight is 625 g/mol. The Morgan fingerprint density at radius 1 is 0.595 bits per heavy atom. The number of hydrogen-bond donors (Lipinski definition) is 2. The smallest absolute Gasteiger partial charge is 0.744 e. The summed E-state index contributed by atoms with van der Waals surface area (Å²) in [5.74, 6) is 0. The molecule has 16 heteroatoms. The third-order valence-corrected chi connectivity index (χ3v) is 7.15. The Labute approximate surface area is 284 Å². The van der Waals surface area contributed by atoms with Crippen molar-refractivity contribution in [2.45, 2.75) is 9.79 Å². The van der Waals surface area contributed by atoms with E-state index < -0.39 is 46.2 Å². The standard InChI is InChI=1S/C26H20N4O8S2.2Na/c31-23-15-13-22(29-27-17-7-3-1-2-4-8-18(12-11-17)39(33,34)35)26(32)25(23)30-28-21-14-16-24(40(36,37)38)20-10-6-5-9-19(20)21;;/h1-16,27-28H,(H,33,34,35)(H,36,37,38);;/q;2*+1/p-2. The maximum Gasteiger partial charge on any atom is 1.00 e. The fourth-order valence-electron chi connectivity index (χ4n) is 3.53. The Balaban J connectivity index is 0.00000308. The summed E-state index contributed by atoms with van der Waals surface area (Å²) in [7, 11) is -9.50. The fraction of sp³-hybridized carbons (Fsp3) is 0. The van der Waals surface area contributed by atoms with Gasteiger partial charge in [0.05, 0.1) is 21.2 Å². The van der Waals surface area contributed by atoms with Gasteiger partial charge in [-0.25, -0.2) is 16.8 Å². The maximum atomic E-state index is 13.0. The van der Waals surface area contributed by atoms with Crippen LogP contribution in [-0.2, 0) is 20.2 Å². The number of hydrogen-bond acceptors (Lipinski definition) is 12. The molecule has 0 saturated carbocycles. The second-order valence-corrected chi connectivity index (χ2v) is 10.8. The molecule has 204 valence electrons. The van der Waals surface area contributed by atoms with Crippen molar-refractivity contribution >= 4 is 42.4 Å². The topological polar surface area (TPSA) is 197 Å². The molecule has 4 aromatic carbocycles. The van der Waals surface area contributed by atoms with Crippen molar-refractivity contribution in [1.82, 2.24) is 0 Å². The minimum atomic E-state index is -4.76. The van der Waals surface area contributed by atoms with E-state index in [1.165, 1.54) is 42.5 Å². The summed E-state index contributed by atoms with van der Waals surface area (Å²) < 4.78 is 69.1. The molecule has 0 aliphatic carbocycles. The molecule has 12 nitrogen and oxygen atoms in total. The van der Waals surface area contributed by atoms with E-state index in [9.17, 15) is 35.5 Å². The van der Waals surface area contributed by atoms with E-state index in [0.717, 1.165) is 30.3 Å². The van der Waals surface area contributed by atoms with Crippen LogP contribution in [0.2, 0.25) is 0 Å². The van der Waals surface area contributed by atoms with Gasteiger partial charge in [-0.1, -0.05) is 48.5 Å². The number of benzene rings is 3. The molecule has 0 aliphatic heterocycles. The zero-order chi connectivity index (χ0) is 28.9. The predicted molar refractivity (Wildman–Crippen MR) is 144 cm³/mol. The van der Waals surface area contributed by atoms with Crippen molar-refractivity contribution in [3.05, 3.63) is 128 Å². The predicted octanol–water partition coefficient (Wildman–Crippen LogP) is -4.77. The number of nitrogens with one attached hydrogen (secondary N) is 2. The molecule has 42 heavy (non-hydrogen) atoms. The molecule has 4 aromatic rings. The quantitative estimate of drug-likeness (QED) is 0.119. The molecule has 0 bridgehead atoms. The van der Waals surface area contributed by atoms with Gasteiger partial charge in [0.15, 0.2) is 5.36 Å². The van der Waals surface area contributed by atoms with Crippen molar-refractivity contribution in [2.75, 3.05) is 10.9 Å². The molecule has 0 radical (unpaired) electrons. The van der Waals surface area contributed by atoms with Crippen LogP contribution < -0.4 is 91.5 Å². The van der Waals surface area contributed by atoms with E-state index in [1.807, 2.05) is 0 Å². The van der Waals surface area contributed by atoms with E-state index >= 15 is 0 Å². The van der Waals surface area contributed by atoms with Crippen molar-refractivity contribution < 1.29 is 85.1 Å². The summed E-state index contributed by atoms with van der Waals surface area (Å²) in [5.41, 5.74) is 4.04. The molecule has 2 N–H and O–H groups in total. The van der Waals surface area contributed by atoms with Crippen molar-refractivity contribution in [3.8, 4) is 0 Å². The monoisotopic (exact) mass is 624 g/mol. The Kier molecular flexibility index (Phi) is 12.7. The Morgan fingerprint density at radius 2 is 1.24 bits per heavy atom. The van der Waals surface area contributed by atoms with Gasteiger partial charge in [0.25, 0.3) is 0 Å². The zero-order valence-corrected chi connectivity index (χ0v) is 27.8. The Morgan fingerprint density at radius 3 is 1.90 bits per heavy atom. The molecule has 0 aromatic heterocycles. The molecule has 4 rings (SSSR count). The molecule has 0 spiro atoms. The summed E-state index contributed by atoms with van der Waals surface area (Å²) in [6, 6.07) is 21.8. The van der Waals surface area contributed by atoms with E-state index in [0.29, 0.717) is 5.39 Å². The Bertz CT molecular complexity index is 2130. The van der Waals surface area contributed by atoms with Crippen LogP contribution in [0.15, 0.2) is 127 Å². The SMILES string of the molecule is O=c1ccc(=NNc2ccccccc(S(=O)(=O)[O-])cc2)c(=O)c1=NNc1ccc(S(=O)(=O)[O-])c2ccccc12.[Na+].[Na+]. The number of anilines is 2. The number of nitrogens with zero attached hydrogens (tertiary/aromatic N) is 2. The van der Waals surface area contributed by atoms with Gasteiger partial charge >= 0.3 is 59.1 Å². The molecule has 0 fully saturated rings. The molecule has 0 saturated heterocycles. The molecular weight excluding hydrogens is 606 g/mol. The summed E-state index contributed by atoms with van der Waals surface area (Å²) in [5, 5.41) is 7.62. The zero-order valence-electron chi connectivity index (χ0n) is 22.2. The van der Waals surface area contributed by atoms with Crippen LogP contribution in [0.5, 0.6) is 0 Å². The van der Waals surface area contributed by atoms with Crippen LogP contribution in [0.25, 0.3) is 10.8 Å². The van der Waals surface area contributed by atoms with Crippen LogP contribution in [0, 0.1) is 0 Å². The minimum Gasteiger partial charge on any atom is -0.744 e. The summed E-state index contributed by atoms with van der Waals surface area (Å²) in [6.07, 6.45) is 0. The first-order valence-electron chi connectivity index (χ1n) is 11.3. The fourth-order valence-corrected chi connectivity index (χ4v) is 4.69. The first-order valence-corrected chi connectivity index (χ1v) is 14.1. The van der Waals surface area contributed by atoms with Crippen molar-refractivity contribution in [3.63, 3.8) is 0 Å². The number of rotatable bonds is 6. The molecule has 0 aliphatic rings. The van der Waals surface area contributed by atoms with Gasteiger partial charge in [0, 0.05) is 10.8 Å². The van der Waals surface area contributed by atoms with Crippen molar-refractivity contribution in [1.29, 1.82) is 0 Å². The molecule has 0 heterocycles. The van der Waals surface area contributed by atoms with E-state index in [2.05, 4.69) is 21.1 Å². The largest absolute Gasteiger partial charge is 1.00 e. The van der Waals surface area contributed by atoms with E-state index in [4.69, 9.17) is 0 Å². The van der Waals surface area contributed by atoms with Gasteiger partial charge in [-0.3, -0.25) is 20.4 Å². The molecule has 0 unspecified atom stereocenters. The normalized spacial score (nSPS) is 12.0. The summed E-state index contributed by atoms with van der Waals surface area (Å²) >= 11 is 0. The van der Waals surface area contributed by atoms with Gasteiger partial charge in [0.1, 0.15) is 25.6 Å². The third kappa shape index (κ3) is 8.87. The first-order chi connectivity index (χ1) is 18.9. The van der Waals surface area contributed by atoms with Gasteiger partial charge in [-0.15, -0.1) is 0 Å². The molecule has 0 amide bonds. The molecule has 0 atom stereocenters. The Hall–Kier alpha value is -2.76. The third-order valence-electron chi connectivity index (χ3n) is 5.41. The van der Waals surface area contributed by atoms with E-state index in [1.54, 1.807) is 24.3 Å². The van der Waals surface area contributed by atoms with Gasteiger partial charge in [0.2, 0.25) is 10.9 Å². The van der Waals surface area contributed by atoms with E-state index in [-0.39, 0.29) is 81.2 Å². The number of fused-ring (bicyclic) bond motifs is 1. The first kappa shape index (κ1) is 35.4. The van der Waals surface area contributed by atoms with Gasteiger partial charge in [-0.05, 0) is 48.5 Å². The molecular formula is C26H18N4Na2O8S2. The summed E-state index contributed by atoms with van der Waals surface area (Å²) in [6.45, 7) is 0. The summed E-state index contributed by atoms with van der Waals surface area (Å²) in [4.78, 5) is 24.4. The van der Waals surface area contributed by atoms with Crippen LogP contribution in [0.1, 0.15) is 0 Å². The van der Waals surface area contributed by atoms with Crippen LogP contribution >= 0.6 is 0 Å². The van der Waals surface area contributed by atoms with Crippen molar-refractivity contribution in [2.24, 2.45) is 10.2 Å². The average Bonchev–Trinajstić information content (AvgIpc) is 2.90. The maximum absolute atomic E-state index is 13.0. The van der Waals surface area contributed by atoms with Gasteiger partial charge in [-0.2, -0.15) is 10.2 Å². The minimum absolute atomic E-state index is 0. The second-order valence-electron chi connectivity index (χ2n) is 8.07. The van der Waals surface area contributed by atoms with Crippen LogP contribution in [0.3, 0.4) is 0 Å². The second kappa shape index (κ2) is 15.1. The van der Waals surface area contributed by atoms with Crippen LogP contribution in [0.4, 0.5) is 11.4 Å². The van der Waals surface area contributed by atoms with Gasteiger partial charge < -0.3 is 9.11 Å².